The third-order valence-corrected chi connectivity index (χ3v) is 40.5. The summed E-state index contributed by atoms with van der Waals surface area (Å²) < 4.78 is 49.6. The first-order valence-corrected chi connectivity index (χ1v) is 23.4. The first kappa shape index (κ1) is 33.8. The van der Waals surface area contributed by atoms with Crippen LogP contribution in [0.3, 0.4) is 0 Å². The van der Waals surface area contributed by atoms with E-state index in [2.05, 4.69) is 53.9 Å². The molecule has 4 atom stereocenters. The van der Waals surface area contributed by atoms with E-state index in [4.69, 9.17) is 35.4 Å². The zero-order valence-electron chi connectivity index (χ0n) is 24.1. The Bertz CT molecular complexity index is 481. The van der Waals surface area contributed by atoms with Crippen LogP contribution in [-0.4, -0.2) is 99.2 Å². The van der Waals surface area contributed by atoms with E-state index in [1.165, 1.54) is 0 Å². The molecule has 0 aliphatic carbocycles. The van der Waals surface area contributed by atoms with Crippen LogP contribution in [-0.2, 0) is 35.4 Å². The van der Waals surface area contributed by atoms with Gasteiger partial charge in [-0.15, -0.1) is 0 Å². The SMILES string of the molecule is CO[Si](C)(OC)C(C)[Si](C(C)[Si](C)(OC)OC)(C(C)[Si](C)(OC)OC)C(C)[Si](C)(OC)OC. The van der Waals surface area contributed by atoms with Crippen LogP contribution in [0.5, 0.6) is 0 Å². The van der Waals surface area contributed by atoms with E-state index in [1.807, 2.05) is 0 Å². The molecule has 200 valence electrons. The van der Waals surface area contributed by atoms with Gasteiger partial charge in [0.1, 0.15) is 0 Å². The fraction of sp³-hybridized carbons (Fsp3) is 1.00. The fourth-order valence-electron chi connectivity index (χ4n) is 5.81. The van der Waals surface area contributed by atoms with Crippen molar-refractivity contribution in [3.05, 3.63) is 0 Å². The van der Waals surface area contributed by atoms with Gasteiger partial charge < -0.3 is 35.4 Å². The molecule has 0 saturated carbocycles. The highest BCUT2D eigenvalue weighted by Gasteiger charge is 2.71. The van der Waals surface area contributed by atoms with Crippen LogP contribution in [0.15, 0.2) is 0 Å². The van der Waals surface area contributed by atoms with Crippen molar-refractivity contribution in [1.82, 2.24) is 0 Å². The topological polar surface area (TPSA) is 73.8 Å². The van der Waals surface area contributed by atoms with Gasteiger partial charge in [0.15, 0.2) is 0 Å². The van der Waals surface area contributed by atoms with Gasteiger partial charge in [0.25, 0.3) is 0 Å². The van der Waals surface area contributed by atoms with Crippen molar-refractivity contribution < 1.29 is 35.4 Å². The lowest BCUT2D eigenvalue weighted by atomic mass is 10.9. The van der Waals surface area contributed by atoms with Gasteiger partial charge in [-0.2, -0.15) is 0 Å². The Morgan fingerprint density at radius 3 is 0.545 bits per heavy atom. The second kappa shape index (κ2) is 12.8. The molecule has 0 aromatic carbocycles. The van der Waals surface area contributed by atoms with Gasteiger partial charge in [0.2, 0.25) is 0 Å². The molecule has 0 radical (unpaired) electrons. The minimum absolute atomic E-state index is 0.131. The van der Waals surface area contributed by atoms with Crippen molar-refractivity contribution in [2.24, 2.45) is 0 Å². The van der Waals surface area contributed by atoms with E-state index in [0.29, 0.717) is 0 Å². The summed E-state index contributed by atoms with van der Waals surface area (Å²) in [6, 6.07) is 0. The quantitative estimate of drug-likeness (QED) is 0.253. The Kier molecular flexibility index (Phi) is 13.1. The molecule has 0 N–H and O–H groups in total. The van der Waals surface area contributed by atoms with Crippen LogP contribution < -0.4 is 0 Å². The zero-order valence-corrected chi connectivity index (χ0v) is 29.1. The summed E-state index contributed by atoms with van der Waals surface area (Å²) in [6.45, 7) is 17.8. The van der Waals surface area contributed by atoms with E-state index >= 15 is 0 Å². The monoisotopic (exact) mass is 560 g/mol. The van der Waals surface area contributed by atoms with Gasteiger partial charge >= 0.3 is 34.2 Å². The standard InChI is InChI=1S/C20H52O8Si5/c1-17(29(13,21-5)22-6)33(18(2)30(14,23-7)24-8,19(3)31(15,25-9)26-10)20(4)32(16,27-11)28-12/h17-20H,1-16H3. The van der Waals surface area contributed by atoms with Gasteiger partial charge in [0.05, 0.1) is 8.07 Å². The summed E-state index contributed by atoms with van der Waals surface area (Å²) in [6.07, 6.45) is 0. The van der Waals surface area contributed by atoms with E-state index < -0.39 is 42.3 Å². The van der Waals surface area contributed by atoms with Gasteiger partial charge in [-0.1, -0.05) is 27.7 Å². The summed E-state index contributed by atoms with van der Waals surface area (Å²) in [4.78, 5) is 0. The highest BCUT2D eigenvalue weighted by Crippen LogP contribution is 2.60. The van der Waals surface area contributed by atoms with Gasteiger partial charge in [-0.3, -0.25) is 0 Å². The zero-order chi connectivity index (χ0) is 26.5. The summed E-state index contributed by atoms with van der Waals surface area (Å²) >= 11 is 0. The molecule has 0 aromatic heterocycles. The third kappa shape index (κ3) is 5.86. The molecule has 0 aliphatic rings. The predicted molar refractivity (Wildman–Crippen MR) is 146 cm³/mol. The molecular formula is C20H52O8Si5. The van der Waals surface area contributed by atoms with Gasteiger partial charge in [0, 0.05) is 56.9 Å². The molecule has 0 fully saturated rings. The molecule has 0 bridgehead atoms. The Hall–Kier alpha value is 0.764. The number of hydrogen-bond acceptors (Lipinski definition) is 8. The molecule has 13 heteroatoms. The molecule has 0 amide bonds. The smallest absolute Gasteiger partial charge is 0.334 e. The molecule has 0 heterocycles. The van der Waals surface area contributed by atoms with E-state index in [0.717, 1.165) is 0 Å². The average Bonchev–Trinajstić information content (AvgIpc) is 2.86. The maximum Gasteiger partial charge on any atom is 0.334 e. The molecule has 0 rings (SSSR count). The van der Waals surface area contributed by atoms with Crippen molar-refractivity contribution in [1.29, 1.82) is 0 Å². The first-order valence-electron chi connectivity index (χ1n) is 11.5. The number of hydrogen-bond donors (Lipinski definition) is 0. The first-order chi connectivity index (χ1) is 15.1. The van der Waals surface area contributed by atoms with Crippen LogP contribution in [0.1, 0.15) is 27.7 Å². The van der Waals surface area contributed by atoms with Crippen LogP contribution in [0.2, 0.25) is 46.8 Å². The van der Waals surface area contributed by atoms with Gasteiger partial charge in [-0.25, -0.2) is 0 Å². The molecule has 4 unspecified atom stereocenters. The van der Waals surface area contributed by atoms with Crippen molar-refractivity contribution in [2.45, 2.75) is 74.5 Å². The molecule has 33 heavy (non-hydrogen) atoms. The highest BCUT2D eigenvalue weighted by molar-refractivity contribution is 7.12. The Morgan fingerprint density at radius 1 is 0.333 bits per heavy atom. The second-order valence-electron chi connectivity index (χ2n) is 9.58. The average molecular weight is 561 g/mol. The molecular weight excluding hydrogens is 509 g/mol. The van der Waals surface area contributed by atoms with Crippen molar-refractivity contribution >= 4 is 42.3 Å². The summed E-state index contributed by atoms with van der Waals surface area (Å²) in [5.74, 6) is 0. The maximum absolute atomic E-state index is 6.20. The highest BCUT2D eigenvalue weighted by atomic mass is 28.5. The van der Waals surface area contributed by atoms with Gasteiger partial charge in [-0.05, 0) is 46.8 Å². The van der Waals surface area contributed by atoms with Crippen LogP contribution in [0.25, 0.3) is 0 Å². The van der Waals surface area contributed by atoms with E-state index in [9.17, 15) is 0 Å². The molecule has 0 saturated heterocycles. The van der Waals surface area contributed by atoms with Crippen LogP contribution in [0.4, 0.5) is 0 Å². The Balaban J connectivity index is 7.77. The van der Waals surface area contributed by atoms with Crippen molar-refractivity contribution in [2.75, 3.05) is 56.9 Å². The lowest BCUT2D eigenvalue weighted by Gasteiger charge is -2.59. The lowest BCUT2D eigenvalue weighted by molar-refractivity contribution is 0.231. The largest absolute Gasteiger partial charge is 0.398 e. The lowest BCUT2D eigenvalue weighted by Crippen LogP contribution is -2.73. The van der Waals surface area contributed by atoms with Crippen LogP contribution >= 0.6 is 0 Å². The third-order valence-electron chi connectivity index (χ3n) is 9.39. The summed E-state index contributed by atoms with van der Waals surface area (Å²) in [5, 5.41) is 0.524. The van der Waals surface area contributed by atoms with E-state index in [1.54, 1.807) is 56.9 Å². The molecule has 0 aliphatic heterocycles. The Labute approximate surface area is 208 Å². The molecule has 0 aromatic rings. The maximum atomic E-state index is 6.20. The summed E-state index contributed by atoms with van der Waals surface area (Å²) in [5.41, 5.74) is 0. The predicted octanol–water partition coefficient (Wildman–Crippen LogP) is 4.61. The van der Waals surface area contributed by atoms with E-state index in [-0.39, 0.29) is 20.7 Å². The molecule has 8 nitrogen and oxygen atoms in total. The Morgan fingerprint density at radius 2 is 0.455 bits per heavy atom. The fourth-order valence-corrected chi connectivity index (χ4v) is 43.2. The second-order valence-corrected chi connectivity index (χ2v) is 32.2. The summed E-state index contributed by atoms with van der Waals surface area (Å²) in [7, 11) is 0.880. The normalized spacial score (nSPS) is 19.6. The number of rotatable bonds is 16. The van der Waals surface area contributed by atoms with Crippen molar-refractivity contribution in [3.63, 3.8) is 0 Å². The van der Waals surface area contributed by atoms with Crippen LogP contribution in [0, 0.1) is 0 Å². The van der Waals surface area contributed by atoms with Crippen molar-refractivity contribution in [3.8, 4) is 0 Å². The molecule has 0 spiro atoms. The minimum Gasteiger partial charge on any atom is -0.398 e. The minimum atomic E-state index is -2.67.